The summed E-state index contributed by atoms with van der Waals surface area (Å²) in [7, 11) is -2.24. The fraction of sp³-hybridized carbons (Fsp3) is 0.529. The van der Waals surface area contributed by atoms with Gasteiger partial charge >= 0.3 is 12.0 Å². The molecule has 0 bridgehead atoms. The molecule has 19 heteroatoms. The number of amides is 4. The molecule has 0 radical (unpaired) electrons. The van der Waals surface area contributed by atoms with Crippen LogP contribution in [0.1, 0.15) is 96.5 Å². The van der Waals surface area contributed by atoms with Crippen molar-refractivity contribution in [2.75, 3.05) is 32.1 Å². The molecule has 3 aliphatic heterocycles. The van der Waals surface area contributed by atoms with Crippen molar-refractivity contribution in [1.29, 1.82) is 0 Å². The van der Waals surface area contributed by atoms with Gasteiger partial charge in [-0.2, -0.15) is 4.31 Å². The lowest BCUT2D eigenvalue weighted by molar-refractivity contribution is -0.145. The highest BCUT2D eigenvalue weighted by atomic mass is 32.2. The number of aromatic nitrogens is 2. The first-order chi connectivity index (χ1) is 33.7. The molecule has 9 rings (SSSR count). The molecule has 4 amide bonds. The van der Waals surface area contributed by atoms with E-state index in [1.807, 2.05) is 49.6 Å². The summed E-state index contributed by atoms with van der Waals surface area (Å²) < 4.78 is 41.7. The number of aliphatic carboxylic acids is 1. The fourth-order valence-corrected chi connectivity index (χ4v) is 13.2. The third kappa shape index (κ3) is 10.6. The predicted octanol–water partition coefficient (Wildman–Crippen LogP) is 6.88. The maximum Gasteiger partial charge on any atom is 0.330 e. The molecule has 17 nitrogen and oxygen atoms in total. The van der Waals surface area contributed by atoms with Crippen LogP contribution in [0, 0.1) is 11.8 Å². The highest BCUT2D eigenvalue weighted by Gasteiger charge is 2.61. The van der Waals surface area contributed by atoms with E-state index in [2.05, 4.69) is 21.3 Å². The van der Waals surface area contributed by atoms with Crippen LogP contribution in [0.15, 0.2) is 71.0 Å². The third-order valence-corrected chi connectivity index (χ3v) is 17.3. The number of methoxy groups -OCH3 is 1. The SMILES string of the molecule is COc1ccc2c(O[C@@H]3C[C@H]4C(=O)N[C@]5(C(=O)O)CC5/C=C\CCCCC[C@H](NC(=O)N[C@H](CN5CCc6ccccc6S5(=O)=O)C5CCCCC5)C(=O)N4C3)cc(-c3csc(NC(C)C)n3)nc2c1. The van der Waals surface area contributed by atoms with Crippen LogP contribution in [0.5, 0.6) is 11.5 Å². The van der Waals surface area contributed by atoms with Crippen LogP contribution in [0.4, 0.5) is 9.93 Å². The number of fused-ring (bicyclic) bond motifs is 4. The van der Waals surface area contributed by atoms with Gasteiger partial charge in [-0.1, -0.05) is 62.5 Å². The number of carboxylic acid groups (broad SMARTS) is 1. The zero-order valence-electron chi connectivity index (χ0n) is 40.0. The fourth-order valence-electron chi connectivity index (χ4n) is 10.7. The smallest absolute Gasteiger partial charge is 0.330 e. The molecule has 1 unspecified atom stereocenters. The van der Waals surface area contributed by atoms with E-state index in [1.165, 1.54) is 20.5 Å². The molecule has 5 aliphatic rings. The van der Waals surface area contributed by atoms with Gasteiger partial charge in [0.15, 0.2) is 5.13 Å². The van der Waals surface area contributed by atoms with E-state index in [9.17, 15) is 27.9 Å². The molecule has 5 heterocycles. The first-order valence-corrected chi connectivity index (χ1v) is 27.1. The van der Waals surface area contributed by atoms with Crippen molar-refractivity contribution < 1.29 is 42.2 Å². The monoisotopic (exact) mass is 996 g/mol. The van der Waals surface area contributed by atoms with E-state index in [1.54, 1.807) is 37.4 Å². The Morgan fingerprint density at radius 2 is 1.79 bits per heavy atom. The van der Waals surface area contributed by atoms with Gasteiger partial charge in [0.05, 0.1) is 29.8 Å². The molecule has 5 N–H and O–H groups in total. The van der Waals surface area contributed by atoms with Gasteiger partial charge in [0, 0.05) is 60.4 Å². The quantitative estimate of drug-likeness (QED) is 0.0918. The lowest BCUT2D eigenvalue weighted by Crippen LogP contribution is -2.59. The molecule has 374 valence electrons. The molecule has 2 saturated carbocycles. The second kappa shape index (κ2) is 20.9. The summed E-state index contributed by atoms with van der Waals surface area (Å²) in [5.74, 6) is -1.58. The number of anilines is 1. The first kappa shape index (κ1) is 49.2. The number of carbonyl (C=O) groups is 4. The largest absolute Gasteiger partial charge is 0.497 e. The van der Waals surface area contributed by atoms with E-state index in [-0.39, 0.29) is 49.2 Å². The average molecular weight is 997 g/mol. The Morgan fingerprint density at radius 1 is 1.00 bits per heavy atom. The number of ether oxygens (including phenoxy) is 2. The number of hydrogen-bond acceptors (Lipinski definition) is 12. The van der Waals surface area contributed by atoms with Crippen LogP contribution in [0.3, 0.4) is 0 Å². The highest BCUT2D eigenvalue weighted by molar-refractivity contribution is 7.89. The van der Waals surface area contributed by atoms with Crippen molar-refractivity contribution in [3.8, 4) is 22.9 Å². The van der Waals surface area contributed by atoms with Crippen molar-refractivity contribution >= 4 is 61.2 Å². The summed E-state index contributed by atoms with van der Waals surface area (Å²) >= 11 is 1.45. The minimum Gasteiger partial charge on any atom is -0.497 e. The van der Waals surface area contributed by atoms with Gasteiger partial charge in [-0.3, -0.25) is 9.59 Å². The van der Waals surface area contributed by atoms with Crippen LogP contribution < -0.4 is 30.7 Å². The number of nitrogens with one attached hydrogen (secondary N) is 4. The number of allylic oxidation sites excluding steroid dienone is 1. The van der Waals surface area contributed by atoms with E-state index in [0.717, 1.165) is 55.6 Å². The Morgan fingerprint density at radius 3 is 2.57 bits per heavy atom. The number of urea groups is 1. The minimum atomic E-state index is -3.81. The topological polar surface area (TPSA) is 221 Å². The van der Waals surface area contributed by atoms with Crippen LogP contribution in [-0.4, -0.2) is 119 Å². The zero-order valence-corrected chi connectivity index (χ0v) is 41.7. The summed E-state index contributed by atoms with van der Waals surface area (Å²) in [6.45, 7) is 4.41. The molecule has 70 heavy (non-hydrogen) atoms. The molecule has 0 spiro atoms. The molecule has 4 aromatic rings. The molecule has 1 saturated heterocycles. The Balaban J connectivity index is 1.00. The lowest BCUT2D eigenvalue weighted by Gasteiger charge is -2.36. The van der Waals surface area contributed by atoms with Gasteiger partial charge in [0.25, 0.3) is 0 Å². The maximum atomic E-state index is 15.2. The van der Waals surface area contributed by atoms with E-state index >= 15 is 4.79 Å². The number of thiazole rings is 1. The molecule has 2 aliphatic carbocycles. The summed E-state index contributed by atoms with van der Waals surface area (Å²) in [5, 5.41) is 26.1. The predicted molar refractivity (Wildman–Crippen MR) is 266 cm³/mol. The number of carboxylic acids is 1. The second-order valence-corrected chi connectivity index (χ2v) is 22.5. The number of nitrogens with zero attached hydrogens (tertiary/aromatic N) is 4. The number of hydrogen-bond donors (Lipinski definition) is 5. The van der Waals surface area contributed by atoms with Gasteiger partial charge in [0.2, 0.25) is 21.8 Å². The average Bonchev–Trinajstić information content (AvgIpc) is 3.60. The Kier molecular flexibility index (Phi) is 14.7. The molecule has 6 atom stereocenters. The van der Waals surface area contributed by atoms with E-state index < -0.39 is 69.5 Å². The standard InChI is InChI=1S/C51H64N8O9S2/c1-31(2)52-50-56-42(30-69-50)40-26-44(37-21-20-35(67-3)24-39(37)53-40)68-36-25-43-46(60)57-51(48(62)63)27-34(51)17-10-5-4-6-11-18-38(47(61)59(43)28-36)54-49(64)55-41(32-14-8-7-9-15-32)29-58-23-22-33-16-12-13-19-45(33)70(58,65)66/h10,12-13,16-17,19-21,24,26,30-32,34,36,38,41,43H,4-9,11,14-15,18,22-23,25,27-29H2,1-3H3,(H,52,56)(H,57,60)(H,62,63)(H2,54,55,64)/b17-10-/t34?,36-,38+,41-,43+,51-/m1/s1. The van der Waals surface area contributed by atoms with Crippen molar-refractivity contribution in [2.45, 2.75) is 138 Å². The summed E-state index contributed by atoms with van der Waals surface area (Å²) in [6.07, 6.45) is 11.7. The molecular formula is C51H64N8O9S2. The van der Waals surface area contributed by atoms with Crippen molar-refractivity contribution in [3.63, 3.8) is 0 Å². The number of rotatable bonds is 12. The molecule has 3 fully saturated rings. The van der Waals surface area contributed by atoms with Crippen molar-refractivity contribution in [1.82, 2.24) is 35.1 Å². The molecule has 2 aromatic heterocycles. The Labute approximate surface area is 413 Å². The summed E-state index contributed by atoms with van der Waals surface area (Å²) in [5.41, 5.74) is 1.03. The van der Waals surface area contributed by atoms with E-state index in [0.29, 0.717) is 59.6 Å². The normalized spacial score (nSPS) is 26.1. The van der Waals surface area contributed by atoms with Gasteiger partial charge in [-0.15, -0.1) is 11.3 Å². The number of carbonyl (C=O) groups excluding carboxylic acids is 3. The molecule has 2 aromatic carbocycles. The Hall–Kier alpha value is -5.79. The number of pyridine rings is 1. The van der Waals surface area contributed by atoms with Gasteiger partial charge < -0.3 is 40.7 Å². The van der Waals surface area contributed by atoms with Crippen LogP contribution in [0.25, 0.3) is 22.3 Å². The minimum absolute atomic E-state index is 0.0288. The first-order valence-electron chi connectivity index (χ1n) is 24.8. The van der Waals surface area contributed by atoms with Gasteiger partial charge in [0.1, 0.15) is 40.9 Å². The second-order valence-electron chi connectivity index (χ2n) is 19.7. The van der Waals surface area contributed by atoms with Gasteiger partial charge in [-0.25, -0.2) is 28.0 Å². The maximum absolute atomic E-state index is 15.2. The highest BCUT2D eigenvalue weighted by Crippen LogP contribution is 2.46. The van der Waals surface area contributed by atoms with Crippen molar-refractivity contribution in [3.05, 3.63) is 71.6 Å². The zero-order chi connectivity index (χ0) is 49.2. The summed E-state index contributed by atoms with van der Waals surface area (Å²) in [4.78, 5) is 68.3. The summed E-state index contributed by atoms with van der Waals surface area (Å²) in [6, 6.07) is 11.1. The number of benzene rings is 2. The van der Waals surface area contributed by atoms with Crippen LogP contribution >= 0.6 is 11.3 Å². The van der Waals surface area contributed by atoms with Crippen LogP contribution in [-0.2, 0) is 30.8 Å². The third-order valence-electron chi connectivity index (χ3n) is 14.5. The lowest BCUT2D eigenvalue weighted by atomic mass is 9.84. The molecular weight excluding hydrogens is 933 g/mol. The number of sulfonamides is 1. The van der Waals surface area contributed by atoms with Crippen LogP contribution in [0.2, 0.25) is 0 Å². The van der Waals surface area contributed by atoms with Crippen molar-refractivity contribution in [2.24, 2.45) is 11.8 Å². The Bertz CT molecular complexity index is 2740. The van der Waals surface area contributed by atoms with Gasteiger partial charge in [-0.05, 0) is 88.5 Å². The van der Waals surface area contributed by atoms with E-state index in [4.69, 9.17) is 19.4 Å².